The molecule has 7 nitrogen and oxygen atoms in total. The Kier molecular flexibility index (Phi) is 4.60. The predicted molar refractivity (Wildman–Crippen MR) is 97.0 cm³/mol. The van der Waals surface area contributed by atoms with Gasteiger partial charge in [-0.25, -0.2) is 0 Å². The first-order valence-corrected chi connectivity index (χ1v) is 8.99. The van der Waals surface area contributed by atoms with Crippen molar-refractivity contribution < 1.29 is 14.3 Å². The monoisotopic (exact) mass is 354 g/mol. The molecule has 1 fully saturated rings. The normalized spacial score (nSPS) is 17.0. The predicted octanol–water partition coefficient (Wildman–Crippen LogP) is 2.86. The summed E-state index contributed by atoms with van der Waals surface area (Å²) in [4.78, 5) is 14.4. The van der Waals surface area contributed by atoms with Gasteiger partial charge in [0.15, 0.2) is 23.0 Å². The lowest BCUT2D eigenvalue weighted by molar-refractivity contribution is 0.0690. The minimum Gasteiger partial charge on any atom is -0.486 e. The van der Waals surface area contributed by atoms with Crippen molar-refractivity contribution >= 4 is 17.4 Å². The first-order chi connectivity index (χ1) is 12.7. The molecule has 0 atom stereocenters. The number of nitrogens with zero attached hydrogens (tertiary/aromatic N) is 3. The van der Waals surface area contributed by atoms with Crippen molar-refractivity contribution in [3.05, 3.63) is 36.0 Å². The van der Waals surface area contributed by atoms with E-state index in [1.165, 1.54) is 0 Å². The molecule has 2 aliphatic heterocycles. The molecule has 7 heteroatoms. The van der Waals surface area contributed by atoms with Gasteiger partial charge in [-0.05, 0) is 43.0 Å². The molecule has 0 spiro atoms. The fourth-order valence-corrected chi connectivity index (χ4v) is 3.16. The van der Waals surface area contributed by atoms with Crippen LogP contribution in [0.15, 0.2) is 30.3 Å². The van der Waals surface area contributed by atoms with Gasteiger partial charge < -0.3 is 19.7 Å². The molecule has 0 radical (unpaired) electrons. The maximum absolute atomic E-state index is 12.5. The van der Waals surface area contributed by atoms with Gasteiger partial charge in [0.1, 0.15) is 13.2 Å². The van der Waals surface area contributed by atoms with E-state index in [0.717, 1.165) is 37.4 Å². The van der Waals surface area contributed by atoms with E-state index in [0.29, 0.717) is 36.4 Å². The van der Waals surface area contributed by atoms with Crippen LogP contribution in [0.25, 0.3) is 0 Å². The number of carbonyl (C=O) groups excluding carboxylic acids is 1. The van der Waals surface area contributed by atoms with Crippen LogP contribution in [0.2, 0.25) is 0 Å². The molecule has 136 valence electrons. The lowest BCUT2D eigenvalue weighted by Gasteiger charge is -2.29. The zero-order valence-electron chi connectivity index (χ0n) is 14.8. The molecule has 0 unspecified atom stereocenters. The van der Waals surface area contributed by atoms with Gasteiger partial charge in [0.2, 0.25) is 0 Å². The average Bonchev–Trinajstić information content (AvgIpc) is 2.68. The van der Waals surface area contributed by atoms with Crippen molar-refractivity contribution in [1.82, 2.24) is 15.1 Å². The molecule has 1 aromatic carbocycles. The second-order valence-corrected chi connectivity index (χ2v) is 6.76. The van der Waals surface area contributed by atoms with Crippen molar-refractivity contribution in [3.63, 3.8) is 0 Å². The molecule has 4 rings (SSSR count). The first kappa shape index (κ1) is 16.6. The van der Waals surface area contributed by atoms with Gasteiger partial charge in [0.05, 0.1) is 0 Å². The molecule has 1 amide bonds. The Morgan fingerprint density at radius 1 is 1.08 bits per heavy atom. The zero-order chi connectivity index (χ0) is 17.9. The molecule has 1 aromatic heterocycles. The highest BCUT2D eigenvalue weighted by atomic mass is 16.6. The number of hydrogen-bond donors (Lipinski definition) is 1. The smallest absolute Gasteiger partial charge is 0.274 e. The van der Waals surface area contributed by atoms with E-state index in [4.69, 9.17) is 9.47 Å². The minimum absolute atomic E-state index is 0.0460. The summed E-state index contributed by atoms with van der Waals surface area (Å²) in [5, 5.41) is 11.4. The van der Waals surface area contributed by atoms with Crippen molar-refractivity contribution in [2.45, 2.75) is 19.8 Å². The second kappa shape index (κ2) is 7.19. The minimum atomic E-state index is -0.0460. The van der Waals surface area contributed by atoms with E-state index >= 15 is 0 Å². The number of nitrogens with one attached hydrogen (secondary N) is 1. The Hall–Kier alpha value is -2.83. The van der Waals surface area contributed by atoms with Crippen LogP contribution in [0, 0.1) is 5.92 Å². The van der Waals surface area contributed by atoms with Crippen molar-refractivity contribution in [1.29, 1.82) is 0 Å². The van der Waals surface area contributed by atoms with E-state index in [1.54, 1.807) is 12.1 Å². The highest BCUT2D eigenvalue weighted by Gasteiger charge is 2.22. The zero-order valence-corrected chi connectivity index (χ0v) is 14.8. The van der Waals surface area contributed by atoms with Crippen molar-refractivity contribution in [2.24, 2.45) is 5.92 Å². The molecule has 1 N–H and O–H groups in total. The van der Waals surface area contributed by atoms with Crippen LogP contribution < -0.4 is 14.8 Å². The van der Waals surface area contributed by atoms with Gasteiger partial charge in [-0.2, -0.15) is 0 Å². The Balaban J connectivity index is 1.42. The van der Waals surface area contributed by atoms with Crippen LogP contribution in [0.4, 0.5) is 11.5 Å². The number of amides is 1. The fourth-order valence-electron chi connectivity index (χ4n) is 3.16. The molecular formula is C19H22N4O3. The topological polar surface area (TPSA) is 76.6 Å². The number of piperidine rings is 1. The van der Waals surface area contributed by atoms with Crippen LogP contribution >= 0.6 is 0 Å². The van der Waals surface area contributed by atoms with Gasteiger partial charge in [0, 0.05) is 24.8 Å². The van der Waals surface area contributed by atoms with Crippen LogP contribution in [-0.2, 0) is 0 Å². The highest BCUT2D eigenvalue weighted by Crippen LogP contribution is 2.33. The maximum Gasteiger partial charge on any atom is 0.274 e. The summed E-state index contributed by atoms with van der Waals surface area (Å²) >= 11 is 0. The van der Waals surface area contributed by atoms with Gasteiger partial charge in [0.25, 0.3) is 5.91 Å². The summed E-state index contributed by atoms with van der Waals surface area (Å²) in [6.07, 6.45) is 2.09. The number of ether oxygens (including phenoxy) is 2. The van der Waals surface area contributed by atoms with E-state index in [1.807, 2.05) is 23.1 Å². The van der Waals surface area contributed by atoms with E-state index in [-0.39, 0.29) is 5.91 Å². The number of carbonyl (C=O) groups is 1. The summed E-state index contributed by atoms with van der Waals surface area (Å²) < 4.78 is 11.1. The summed E-state index contributed by atoms with van der Waals surface area (Å²) in [6, 6.07) is 9.10. The third kappa shape index (κ3) is 3.56. The molecule has 0 saturated carbocycles. The number of aromatic nitrogens is 2. The second-order valence-electron chi connectivity index (χ2n) is 6.76. The van der Waals surface area contributed by atoms with Crippen LogP contribution in [0.3, 0.4) is 0 Å². The Bertz CT molecular complexity index is 786. The van der Waals surface area contributed by atoms with Crippen molar-refractivity contribution in [2.75, 3.05) is 31.6 Å². The summed E-state index contributed by atoms with van der Waals surface area (Å²) in [7, 11) is 0. The number of anilines is 2. The van der Waals surface area contributed by atoms with Crippen LogP contribution in [0.1, 0.15) is 30.3 Å². The number of benzene rings is 1. The van der Waals surface area contributed by atoms with E-state index in [2.05, 4.69) is 22.4 Å². The van der Waals surface area contributed by atoms with Crippen LogP contribution in [0.5, 0.6) is 11.5 Å². The van der Waals surface area contributed by atoms with Gasteiger partial charge >= 0.3 is 0 Å². The number of rotatable bonds is 3. The summed E-state index contributed by atoms with van der Waals surface area (Å²) in [5.74, 6) is 2.66. The fraction of sp³-hybridized carbons (Fsp3) is 0.421. The van der Waals surface area contributed by atoms with Gasteiger partial charge in [-0.3, -0.25) is 4.79 Å². The molecular weight excluding hydrogens is 332 g/mol. The number of hydrogen-bond acceptors (Lipinski definition) is 6. The quantitative estimate of drug-likeness (QED) is 0.913. The number of fused-ring (bicyclic) bond motifs is 1. The molecule has 0 bridgehead atoms. The molecule has 2 aromatic rings. The molecule has 1 saturated heterocycles. The van der Waals surface area contributed by atoms with Gasteiger partial charge in [-0.1, -0.05) is 6.92 Å². The third-order valence-electron chi connectivity index (χ3n) is 4.77. The average molecular weight is 354 g/mol. The lowest BCUT2D eigenvalue weighted by Crippen LogP contribution is -2.38. The largest absolute Gasteiger partial charge is 0.486 e. The Morgan fingerprint density at radius 3 is 2.58 bits per heavy atom. The summed E-state index contributed by atoms with van der Waals surface area (Å²) in [6.45, 7) is 4.91. The Labute approximate surface area is 152 Å². The van der Waals surface area contributed by atoms with E-state index in [9.17, 15) is 4.79 Å². The lowest BCUT2D eigenvalue weighted by atomic mass is 9.99. The van der Waals surface area contributed by atoms with E-state index < -0.39 is 0 Å². The molecule has 26 heavy (non-hydrogen) atoms. The van der Waals surface area contributed by atoms with Crippen molar-refractivity contribution in [3.8, 4) is 11.5 Å². The van der Waals surface area contributed by atoms with Gasteiger partial charge in [-0.15, -0.1) is 10.2 Å². The molecule has 3 heterocycles. The molecule has 2 aliphatic rings. The summed E-state index contributed by atoms with van der Waals surface area (Å²) in [5.41, 5.74) is 1.21. The third-order valence-corrected chi connectivity index (χ3v) is 4.77. The first-order valence-electron chi connectivity index (χ1n) is 8.99. The SMILES string of the molecule is CC1CCN(C(=O)c2ccc(Nc3ccc4c(c3)OCCO4)nn2)CC1. The van der Waals surface area contributed by atoms with Crippen LogP contribution in [-0.4, -0.2) is 47.3 Å². The number of likely N-dealkylation sites (tertiary alicyclic amines) is 1. The standard InChI is InChI=1S/C19H22N4O3/c1-13-6-8-23(9-7-13)19(24)15-3-5-18(22-21-15)20-14-2-4-16-17(12-14)26-11-10-25-16/h2-5,12-13H,6-11H2,1H3,(H,20,22). The highest BCUT2D eigenvalue weighted by molar-refractivity contribution is 5.92. The molecule has 0 aliphatic carbocycles. The Morgan fingerprint density at radius 2 is 1.85 bits per heavy atom. The maximum atomic E-state index is 12.5.